The predicted molar refractivity (Wildman–Crippen MR) is 78.4 cm³/mol. The summed E-state index contributed by atoms with van der Waals surface area (Å²) in [6.07, 6.45) is 0.881. The quantitative estimate of drug-likeness (QED) is 0.834. The summed E-state index contributed by atoms with van der Waals surface area (Å²) in [7, 11) is 0. The molecule has 1 heterocycles. The van der Waals surface area contributed by atoms with E-state index in [1.54, 1.807) is 0 Å². The number of aryl methyl sites for hydroxylation is 1. The van der Waals surface area contributed by atoms with Gasteiger partial charge in [-0.05, 0) is 24.6 Å². The lowest BCUT2D eigenvalue weighted by molar-refractivity contribution is 0.276. The molecule has 0 radical (unpaired) electrons. The first-order chi connectivity index (χ1) is 9.11. The first-order valence-corrected chi connectivity index (χ1v) is 6.92. The fourth-order valence-corrected chi connectivity index (χ4v) is 2.30. The van der Waals surface area contributed by atoms with Gasteiger partial charge in [0.25, 0.3) is 0 Å². The van der Waals surface area contributed by atoms with Crippen LogP contribution in [0.2, 0.25) is 0 Å². The third-order valence-electron chi connectivity index (χ3n) is 3.21. The Balaban J connectivity index is 2.27. The molecule has 1 aromatic carbocycles. The summed E-state index contributed by atoms with van der Waals surface area (Å²) in [5, 5.41) is 12.6. The molecule has 0 atom stereocenters. The zero-order chi connectivity index (χ0) is 13.8. The van der Waals surface area contributed by atoms with Crippen LogP contribution in [0.4, 0.5) is 0 Å². The van der Waals surface area contributed by atoms with Crippen molar-refractivity contribution in [3.63, 3.8) is 0 Å². The maximum absolute atomic E-state index is 9.23. The molecule has 2 aromatic rings. The summed E-state index contributed by atoms with van der Waals surface area (Å²) >= 11 is 0. The Labute approximate surface area is 114 Å². The lowest BCUT2D eigenvalue weighted by Crippen LogP contribution is -2.26. The molecule has 0 aliphatic carbocycles. The third kappa shape index (κ3) is 3.33. The Morgan fingerprint density at radius 2 is 2.16 bits per heavy atom. The standard InChI is InChI=1S/C15H23N3O/c1-11(2)16-7-6-15-17-13-10-12(3)4-5-14(13)18(15)8-9-19/h4-5,10-11,16,19H,6-9H2,1-3H3. The molecule has 0 aliphatic rings. The molecule has 2 rings (SSSR count). The average Bonchev–Trinajstić information content (AvgIpc) is 2.67. The summed E-state index contributed by atoms with van der Waals surface area (Å²) in [5.74, 6) is 1.04. The van der Waals surface area contributed by atoms with E-state index in [0.717, 1.165) is 29.8 Å². The van der Waals surface area contributed by atoms with Crippen LogP contribution in [0.5, 0.6) is 0 Å². The van der Waals surface area contributed by atoms with Crippen molar-refractivity contribution in [1.82, 2.24) is 14.9 Å². The Kier molecular flexibility index (Phi) is 4.56. The van der Waals surface area contributed by atoms with E-state index in [0.29, 0.717) is 12.6 Å². The number of aliphatic hydroxyl groups is 1. The number of aromatic nitrogens is 2. The second-order valence-electron chi connectivity index (χ2n) is 5.25. The Morgan fingerprint density at radius 3 is 2.84 bits per heavy atom. The normalized spacial score (nSPS) is 11.6. The van der Waals surface area contributed by atoms with E-state index in [1.807, 2.05) is 0 Å². The highest BCUT2D eigenvalue weighted by Crippen LogP contribution is 2.18. The minimum absolute atomic E-state index is 0.143. The van der Waals surface area contributed by atoms with Gasteiger partial charge >= 0.3 is 0 Å². The molecule has 0 amide bonds. The van der Waals surface area contributed by atoms with E-state index < -0.39 is 0 Å². The van der Waals surface area contributed by atoms with Gasteiger partial charge in [-0.3, -0.25) is 0 Å². The molecule has 1 aromatic heterocycles. The van der Waals surface area contributed by atoms with Gasteiger partial charge in [-0.2, -0.15) is 0 Å². The molecule has 0 saturated heterocycles. The lowest BCUT2D eigenvalue weighted by atomic mass is 10.2. The molecule has 0 fully saturated rings. The van der Waals surface area contributed by atoms with Crippen LogP contribution in [0.25, 0.3) is 11.0 Å². The molecule has 4 heteroatoms. The van der Waals surface area contributed by atoms with Crippen LogP contribution in [0.1, 0.15) is 25.2 Å². The Morgan fingerprint density at radius 1 is 1.37 bits per heavy atom. The first kappa shape index (κ1) is 14.0. The first-order valence-electron chi connectivity index (χ1n) is 6.92. The highest BCUT2D eigenvalue weighted by atomic mass is 16.3. The van der Waals surface area contributed by atoms with Crippen LogP contribution in [0, 0.1) is 6.92 Å². The van der Waals surface area contributed by atoms with Crippen molar-refractivity contribution < 1.29 is 5.11 Å². The van der Waals surface area contributed by atoms with Gasteiger partial charge in [0.15, 0.2) is 0 Å². The van der Waals surface area contributed by atoms with Crippen LogP contribution in [-0.4, -0.2) is 33.9 Å². The van der Waals surface area contributed by atoms with Crippen LogP contribution >= 0.6 is 0 Å². The van der Waals surface area contributed by atoms with Crippen LogP contribution in [0.3, 0.4) is 0 Å². The van der Waals surface area contributed by atoms with Crippen molar-refractivity contribution in [2.45, 2.75) is 39.8 Å². The van der Waals surface area contributed by atoms with Gasteiger partial charge in [-0.15, -0.1) is 0 Å². The third-order valence-corrected chi connectivity index (χ3v) is 3.21. The monoisotopic (exact) mass is 261 g/mol. The van der Waals surface area contributed by atoms with Crippen molar-refractivity contribution >= 4 is 11.0 Å². The zero-order valence-electron chi connectivity index (χ0n) is 12.0. The van der Waals surface area contributed by atoms with Crippen molar-refractivity contribution in [1.29, 1.82) is 0 Å². The number of aliphatic hydroxyl groups excluding tert-OH is 1. The van der Waals surface area contributed by atoms with E-state index in [4.69, 9.17) is 4.98 Å². The maximum atomic E-state index is 9.23. The number of rotatable bonds is 6. The van der Waals surface area contributed by atoms with E-state index in [1.165, 1.54) is 5.56 Å². The Bertz CT molecular complexity index is 546. The summed E-state index contributed by atoms with van der Waals surface area (Å²) < 4.78 is 2.12. The van der Waals surface area contributed by atoms with Crippen LogP contribution in [-0.2, 0) is 13.0 Å². The number of hydrogen-bond donors (Lipinski definition) is 2. The predicted octanol–water partition coefficient (Wildman–Crippen LogP) is 1.88. The summed E-state index contributed by atoms with van der Waals surface area (Å²) in [6.45, 7) is 8.01. The molecular weight excluding hydrogens is 238 g/mol. The van der Waals surface area contributed by atoms with Crippen molar-refractivity contribution in [3.8, 4) is 0 Å². The van der Waals surface area contributed by atoms with Crippen LogP contribution in [0.15, 0.2) is 18.2 Å². The molecule has 0 unspecified atom stereocenters. The molecule has 4 nitrogen and oxygen atoms in total. The van der Waals surface area contributed by atoms with Crippen molar-refractivity contribution in [3.05, 3.63) is 29.6 Å². The fraction of sp³-hybridized carbons (Fsp3) is 0.533. The number of nitrogens with zero attached hydrogens (tertiary/aromatic N) is 2. The topological polar surface area (TPSA) is 50.1 Å². The van der Waals surface area contributed by atoms with E-state index in [2.05, 4.69) is 48.9 Å². The minimum atomic E-state index is 0.143. The van der Waals surface area contributed by atoms with Gasteiger partial charge in [-0.1, -0.05) is 19.9 Å². The van der Waals surface area contributed by atoms with E-state index >= 15 is 0 Å². The summed E-state index contributed by atoms with van der Waals surface area (Å²) in [6, 6.07) is 6.77. The van der Waals surface area contributed by atoms with E-state index in [-0.39, 0.29) is 6.61 Å². The van der Waals surface area contributed by atoms with Crippen LogP contribution < -0.4 is 5.32 Å². The zero-order valence-corrected chi connectivity index (χ0v) is 12.0. The van der Waals surface area contributed by atoms with Gasteiger partial charge < -0.3 is 15.0 Å². The summed E-state index contributed by atoms with van der Waals surface area (Å²) in [4.78, 5) is 4.70. The van der Waals surface area contributed by atoms with Gasteiger partial charge in [-0.25, -0.2) is 4.98 Å². The molecule has 2 N–H and O–H groups in total. The Hall–Kier alpha value is -1.39. The highest BCUT2D eigenvalue weighted by Gasteiger charge is 2.10. The molecule has 104 valence electrons. The average molecular weight is 261 g/mol. The maximum Gasteiger partial charge on any atom is 0.111 e. The lowest BCUT2D eigenvalue weighted by Gasteiger charge is -2.10. The minimum Gasteiger partial charge on any atom is -0.395 e. The van der Waals surface area contributed by atoms with Gasteiger partial charge in [0.1, 0.15) is 5.82 Å². The van der Waals surface area contributed by atoms with Crippen molar-refractivity contribution in [2.24, 2.45) is 0 Å². The fourth-order valence-electron chi connectivity index (χ4n) is 2.30. The van der Waals surface area contributed by atoms with Gasteiger partial charge in [0.2, 0.25) is 0 Å². The number of nitrogens with one attached hydrogen (secondary N) is 1. The molecule has 19 heavy (non-hydrogen) atoms. The van der Waals surface area contributed by atoms with Gasteiger partial charge in [0.05, 0.1) is 17.6 Å². The molecule has 0 aliphatic heterocycles. The molecule has 0 bridgehead atoms. The number of hydrogen-bond acceptors (Lipinski definition) is 3. The highest BCUT2D eigenvalue weighted by molar-refractivity contribution is 5.76. The van der Waals surface area contributed by atoms with Crippen molar-refractivity contribution in [2.75, 3.05) is 13.2 Å². The molecular formula is C15H23N3O. The summed E-state index contributed by atoms with van der Waals surface area (Å²) in [5.41, 5.74) is 3.35. The smallest absolute Gasteiger partial charge is 0.111 e. The largest absolute Gasteiger partial charge is 0.395 e. The number of fused-ring (bicyclic) bond motifs is 1. The molecule has 0 saturated carbocycles. The second-order valence-corrected chi connectivity index (χ2v) is 5.25. The number of benzene rings is 1. The SMILES string of the molecule is Cc1ccc2c(c1)nc(CCNC(C)C)n2CCO. The second kappa shape index (κ2) is 6.17. The van der Waals surface area contributed by atoms with Gasteiger partial charge in [0, 0.05) is 25.6 Å². The number of imidazole rings is 1. The molecule has 0 spiro atoms. The van der Waals surface area contributed by atoms with E-state index in [9.17, 15) is 5.11 Å².